The standard InChI is InChI=1S/C24H25N5O2/c1-17-20(18(2)29-24(27-17)25-16-26-29)12-13-23(30)28-21-10-6-7-11-22(21)31-15-14-19-8-4-3-5-9-19/h3-11,16H,12-15H2,1-2H3,(H,28,30). The van der Waals surface area contributed by atoms with E-state index in [1.54, 1.807) is 4.52 Å². The van der Waals surface area contributed by atoms with Crippen LogP contribution in [0.1, 0.15) is 28.9 Å². The zero-order valence-corrected chi connectivity index (χ0v) is 17.7. The highest BCUT2D eigenvalue weighted by Gasteiger charge is 2.13. The van der Waals surface area contributed by atoms with E-state index >= 15 is 0 Å². The highest BCUT2D eigenvalue weighted by Crippen LogP contribution is 2.24. The second-order valence-corrected chi connectivity index (χ2v) is 7.36. The molecule has 0 spiro atoms. The molecule has 0 radical (unpaired) electrons. The van der Waals surface area contributed by atoms with Gasteiger partial charge in [0.25, 0.3) is 5.78 Å². The lowest BCUT2D eigenvalue weighted by atomic mass is 10.1. The van der Waals surface area contributed by atoms with Crippen LogP contribution < -0.4 is 10.1 Å². The van der Waals surface area contributed by atoms with Gasteiger partial charge in [-0.1, -0.05) is 42.5 Å². The van der Waals surface area contributed by atoms with Crippen molar-refractivity contribution < 1.29 is 9.53 Å². The van der Waals surface area contributed by atoms with Crippen molar-refractivity contribution in [3.63, 3.8) is 0 Å². The number of carbonyl (C=O) groups excluding carboxylic acids is 1. The van der Waals surface area contributed by atoms with Gasteiger partial charge in [0.15, 0.2) is 0 Å². The van der Waals surface area contributed by atoms with Gasteiger partial charge in [-0.15, -0.1) is 0 Å². The predicted molar refractivity (Wildman–Crippen MR) is 119 cm³/mol. The van der Waals surface area contributed by atoms with Crippen LogP contribution in [0.2, 0.25) is 0 Å². The van der Waals surface area contributed by atoms with Crippen molar-refractivity contribution in [3.8, 4) is 5.75 Å². The first kappa shape index (κ1) is 20.5. The maximum atomic E-state index is 12.6. The summed E-state index contributed by atoms with van der Waals surface area (Å²) in [6.45, 7) is 4.45. The molecule has 0 atom stereocenters. The number of anilines is 1. The maximum Gasteiger partial charge on any atom is 0.252 e. The molecule has 7 nitrogen and oxygen atoms in total. The van der Waals surface area contributed by atoms with Crippen molar-refractivity contribution in [3.05, 3.63) is 83.4 Å². The molecular formula is C24H25N5O2. The average Bonchev–Trinajstić information content (AvgIpc) is 3.24. The summed E-state index contributed by atoms with van der Waals surface area (Å²) in [5.74, 6) is 1.17. The molecule has 4 rings (SSSR count). The van der Waals surface area contributed by atoms with Gasteiger partial charge in [-0.3, -0.25) is 4.79 Å². The number of aromatic nitrogens is 4. The first-order valence-corrected chi connectivity index (χ1v) is 10.3. The molecule has 1 amide bonds. The van der Waals surface area contributed by atoms with Gasteiger partial charge in [0.05, 0.1) is 12.3 Å². The molecule has 0 aliphatic heterocycles. The Kier molecular flexibility index (Phi) is 6.21. The number of carbonyl (C=O) groups is 1. The fraction of sp³-hybridized carbons (Fsp3) is 0.250. The molecule has 0 aliphatic rings. The lowest BCUT2D eigenvalue weighted by Gasteiger charge is -2.13. The summed E-state index contributed by atoms with van der Waals surface area (Å²) in [5, 5.41) is 7.18. The van der Waals surface area contributed by atoms with Crippen molar-refractivity contribution in [2.24, 2.45) is 0 Å². The van der Waals surface area contributed by atoms with Crippen molar-refractivity contribution in [1.82, 2.24) is 19.6 Å². The van der Waals surface area contributed by atoms with Gasteiger partial charge < -0.3 is 10.1 Å². The Morgan fingerprint density at radius 2 is 1.81 bits per heavy atom. The molecular weight excluding hydrogens is 390 g/mol. The summed E-state index contributed by atoms with van der Waals surface area (Å²) < 4.78 is 7.64. The van der Waals surface area contributed by atoms with Gasteiger partial charge in [0.1, 0.15) is 12.1 Å². The van der Waals surface area contributed by atoms with Crippen molar-refractivity contribution in [2.45, 2.75) is 33.1 Å². The van der Waals surface area contributed by atoms with Gasteiger partial charge in [0.2, 0.25) is 5.91 Å². The lowest BCUT2D eigenvalue weighted by molar-refractivity contribution is -0.116. The maximum absolute atomic E-state index is 12.6. The highest BCUT2D eigenvalue weighted by atomic mass is 16.5. The second kappa shape index (κ2) is 9.38. The Labute approximate surface area is 181 Å². The number of rotatable bonds is 8. The SMILES string of the molecule is Cc1nc2ncnn2c(C)c1CCC(=O)Nc1ccccc1OCCc1ccccc1. The Morgan fingerprint density at radius 3 is 2.65 bits per heavy atom. The van der Waals surface area contributed by atoms with E-state index in [1.807, 2.05) is 56.3 Å². The fourth-order valence-corrected chi connectivity index (χ4v) is 3.59. The minimum atomic E-state index is -0.0726. The molecule has 158 valence electrons. The Hall–Kier alpha value is -3.74. The van der Waals surface area contributed by atoms with Gasteiger partial charge in [-0.05, 0) is 43.5 Å². The first-order valence-electron chi connectivity index (χ1n) is 10.3. The molecule has 31 heavy (non-hydrogen) atoms. The average molecular weight is 415 g/mol. The topological polar surface area (TPSA) is 81.4 Å². The van der Waals surface area contributed by atoms with Crippen LogP contribution in [0.5, 0.6) is 5.75 Å². The van der Waals surface area contributed by atoms with E-state index in [9.17, 15) is 4.79 Å². The molecule has 2 aromatic heterocycles. The summed E-state index contributed by atoms with van der Waals surface area (Å²) in [4.78, 5) is 21.3. The summed E-state index contributed by atoms with van der Waals surface area (Å²) in [6, 6.07) is 17.7. The molecule has 2 heterocycles. The molecule has 0 saturated heterocycles. The summed E-state index contributed by atoms with van der Waals surface area (Å²) in [6.07, 6.45) is 3.20. The van der Waals surface area contributed by atoms with Crippen molar-refractivity contribution >= 4 is 17.4 Å². The van der Waals surface area contributed by atoms with Gasteiger partial charge in [-0.2, -0.15) is 10.1 Å². The second-order valence-electron chi connectivity index (χ2n) is 7.36. The minimum Gasteiger partial charge on any atom is -0.491 e. The zero-order chi connectivity index (χ0) is 21.6. The third-order valence-corrected chi connectivity index (χ3v) is 5.24. The van der Waals surface area contributed by atoms with Gasteiger partial charge in [0, 0.05) is 24.2 Å². The summed E-state index contributed by atoms with van der Waals surface area (Å²) in [7, 11) is 0. The highest BCUT2D eigenvalue weighted by molar-refractivity contribution is 5.92. The Bertz CT molecular complexity index is 1190. The van der Waals surface area contributed by atoms with E-state index in [1.165, 1.54) is 11.9 Å². The normalized spacial score (nSPS) is 10.9. The molecule has 0 aliphatic carbocycles. The van der Waals surface area contributed by atoms with Crippen molar-refractivity contribution in [1.29, 1.82) is 0 Å². The molecule has 0 fully saturated rings. The fourth-order valence-electron chi connectivity index (χ4n) is 3.59. The lowest BCUT2D eigenvalue weighted by Crippen LogP contribution is -2.15. The van der Waals surface area contributed by atoms with E-state index in [4.69, 9.17) is 4.74 Å². The molecule has 0 bridgehead atoms. The van der Waals surface area contributed by atoms with Crippen LogP contribution in [0.15, 0.2) is 60.9 Å². The van der Waals surface area contributed by atoms with E-state index in [0.717, 1.165) is 23.4 Å². The van der Waals surface area contributed by atoms with Crippen LogP contribution in [0.25, 0.3) is 5.78 Å². The van der Waals surface area contributed by atoms with E-state index in [0.29, 0.717) is 36.7 Å². The number of nitrogens with zero attached hydrogens (tertiary/aromatic N) is 4. The molecule has 1 N–H and O–H groups in total. The Balaban J connectivity index is 1.37. The number of para-hydroxylation sites is 2. The van der Waals surface area contributed by atoms with Crippen LogP contribution >= 0.6 is 0 Å². The van der Waals surface area contributed by atoms with E-state index < -0.39 is 0 Å². The van der Waals surface area contributed by atoms with Crippen LogP contribution in [0.3, 0.4) is 0 Å². The monoisotopic (exact) mass is 415 g/mol. The number of hydrogen-bond acceptors (Lipinski definition) is 5. The number of aryl methyl sites for hydroxylation is 2. The molecule has 0 saturated carbocycles. The first-order chi connectivity index (χ1) is 15.1. The van der Waals surface area contributed by atoms with Crippen LogP contribution in [-0.4, -0.2) is 32.1 Å². The van der Waals surface area contributed by atoms with Crippen LogP contribution in [0, 0.1) is 13.8 Å². The van der Waals surface area contributed by atoms with E-state index in [2.05, 4.69) is 32.5 Å². The molecule has 0 unspecified atom stereocenters. The third-order valence-electron chi connectivity index (χ3n) is 5.24. The third kappa shape index (κ3) is 4.88. The smallest absolute Gasteiger partial charge is 0.252 e. The minimum absolute atomic E-state index is 0.0726. The van der Waals surface area contributed by atoms with Crippen LogP contribution in [0.4, 0.5) is 5.69 Å². The van der Waals surface area contributed by atoms with Gasteiger partial charge in [-0.25, -0.2) is 9.50 Å². The largest absolute Gasteiger partial charge is 0.491 e. The number of hydrogen-bond donors (Lipinski definition) is 1. The molecule has 4 aromatic rings. The quantitative estimate of drug-likeness (QED) is 0.471. The summed E-state index contributed by atoms with van der Waals surface area (Å²) >= 11 is 0. The number of benzene rings is 2. The zero-order valence-electron chi connectivity index (χ0n) is 17.7. The number of fused-ring (bicyclic) bond motifs is 1. The van der Waals surface area contributed by atoms with Crippen LogP contribution in [-0.2, 0) is 17.6 Å². The molecule has 7 heteroatoms. The van der Waals surface area contributed by atoms with Gasteiger partial charge >= 0.3 is 0 Å². The molecule has 2 aromatic carbocycles. The number of amides is 1. The van der Waals surface area contributed by atoms with Crippen molar-refractivity contribution in [2.75, 3.05) is 11.9 Å². The predicted octanol–water partition coefficient (Wildman–Crippen LogP) is 3.93. The van der Waals surface area contributed by atoms with E-state index in [-0.39, 0.29) is 5.91 Å². The number of ether oxygens (including phenoxy) is 1. The summed E-state index contributed by atoms with van der Waals surface area (Å²) in [5.41, 5.74) is 4.74. The number of nitrogens with one attached hydrogen (secondary N) is 1. The Morgan fingerprint density at radius 1 is 1.03 bits per heavy atom.